The Morgan fingerprint density at radius 1 is 1.78 bits per heavy atom. The summed E-state index contributed by atoms with van der Waals surface area (Å²) >= 11 is 0. The van der Waals surface area contributed by atoms with Gasteiger partial charge in [0.05, 0.1) is 12.0 Å². The van der Waals surface area contributed by atoms with Gasteiger partial charge < -0.3 is 0 Å². The zero-order valence-corrected chi connectivity index (χ0v) is 5.42. The molecular weight excluding hydrogens is 114 g/mol. The molecule has 1 rings (SSSR count). The number of rotatable bonds is 0. The van der Waals surface area contributed by atoms with Crippen molar-refractivity contribution in [2.75, 3.05) is 0 Å². The van der Waals surface area contributed by atoms with Crippen molar-refractivity contribution in [3.8, 4) is 6.07 Å². The average molecular weight is 123 g/mol. The number of hydrogen-bond donors (Lipinski definition) is 0. The molecular formula is C7H9NO. The van der Waals surface area contributed by atoms with Crippen molar-refractivity contribution < 1.29 is 4.79 Å². The van der Waals surface area contributed by atoms with Gasteiger partial charge in [-0.15, -0.1) is 0 Å². The van der Waals surface area contributed by atoms with Gasteiger partial charge in [0.25, 0.3) is 0 Å². The maximum Gasteiger partial charge on any atom is 0.137 e. The summed E-state index contributed by atoms with van der Waals surface area (Å²) < 4.78 is 0. The fourth-order valence-corrected chi connectivity index (χ4v) is 1.18. The number of Topliss-reactive ketones (excluding diaryl/α,β-unsaturated/α-hetero) is 1. The van der Waals surface area contributed by atoms with E-state index in [-0.39, 0.29) is 17.6 Å². The summed E-state index contributed by atoms with van der Waals surface area (Å²) in [7, 11) is 0. The van der Waals surface area contributed by atoms with Crippen molar-refractivity contribution in [3.63, 3.8) is 0 Å². The standard InChI is InChI=1S/C7H9NO/c1-5-6(4-8)2-3-7(5)9/h5-6H,2-3H2,1H3/t5-,6+/m0/s1. The van der Waals surface area contributed by atoms with E-state index in [0.717, 1.165) is 6.42 Å². The van der Waals surface area contributed by atoms with Gasteiger partial charge in [-0.2, -0.15) is 5.26 Å². The first-order valence-electron chi connectivity index (χ1n) is 3.18. The molecule has 0 N–H and O–H groups in total. The summed E-state index contributed by atoms with van der Waals surface area (Å²) in [5.74, 6) is 0.244. The quantitative estimate of drug-likeness (QED) is 0.484. The molecule has 1 fully saturated rings. The molecule has 2 nitrogen and oxygen atoms in total. The van der Waals surface area contributed by atoms with Crippen molar-refractivity contribution in [3.05, 3.63) is 0 Å². The molecule has 48 valence electrons. The molecule has 0 aromatic rings. The second-order valence-corrected chi connectivity index (χ2v) is 2.53. The molecule has 0 heterocycles. The summed E-state index contributed by atoms with van der Waals surface area (Å²) in [6.45, 7) is 1.84. The normalized spacial score (nSPS) is 34.4. The number of ketones is 1. The van der Waals surface area contributed by atoms with E-state index < -0.39 is 0 Å². The highest BCUT2D eigenvalue weighted by atomic mass is 16.1. The van der Waals surface area contributed by atoms with Crippen LogP contribution >= 0.6 is 0 Å². The van der Waals surface area contributed by atoms with Crippen molar-refractivity contribution in [2.24, 2.45) is 11.8 Å². The van der Waals surface area contributed by atoms with Crippen molar-refractivity contribution in [1.29, 1.82) is 5.26 Å². The van der Waals surface area contributed by atoms with Crippen molar-refractivity contribution in [2.45, 2.75) is 19.8 Å². The highest BCUT2D eigenvalue weighted by Crippen LogP contribution is 2.26. The smallest absolute Gasteiger partial charge is 0.137 e. The van der Waals surface area contributed by atoms with Gasteiger partial charge in [0.1, 0.15) is 5.78 Å². The van der Waals surface area contributed by atoms with Crippen LogP contribution in [0.4, 0.5) is 0 Å². The first kappa shape index (κ1) is 6.28. The SMILES string of the molecule is C[C@@H]1C(=O)CC[C@@H]1C#N. The molecule has 1 saturated carbocycles. The lowest BCUT2D eigenvalue weighted by atomic mass is 10.00. The second kappa shape index (κ2) is 2.18. The van der Waals surface area contributed by atoms with Gasteiger partial charge in [-0.3, -0.25) is 4.79 Å². The molecule has 0 amide bonds. The molecule has 2 atom stereocenters. The Labute approximate surface area is 54.5 Å². The van der Waals surface area contributed by atoms with Crippen LogP contribution in [0.5, 0.6) is 0 Å². The molecule has 0 aromatic carbocycles. The van der Waals surface area contributed by atoms with E-state index in [1.807, 2.05) is 6.92 Å². The zero-order chi connectivity index (χ0) is 6.85. The molecule has 0 radical (unpaired) electrons. The fraction of sp³-hybridized carbons (Fsp3) is 0.714. The number of carbonyl (C=O) groups excluding carboxylic acids is 1. The molecule has 0 spiro atoms. The second-order valence-electron chi connectivity index (χ2n) is 2.53. The molecule has 0 saturated heterocycles. The highest BCUT2D eigenvalue weighted by molar-refractivity contribution is 5.83. The van der Waals surface area contributed by atoms with Gasteiger partial charge in [-0.1, -0.05) is 6.92 Å². The molecule has 0 unspecified atom stereocenters. The third kappa shape index (κ3) is 0.951. The zero-order valence-electron chi connectivity index (χ0n) is 5.42. The van der Waals surface area contributed by atoms with Gasteiger partial charge in [0.15, 0.2) is 0 Å². The minimum atomic E-state index is -0.00463. The van der Waals surface area contributed by atoms with E-state index in [0.29, 0.717) is 6.42 Å². The monoisotopic (exact) mass is 123 g/mol. The Balaban J connectivity index is 2.64. The molecule has 0 aliphatic heterocycles. The molecule has 0 bridgehead atoms. The Morgan fingerprint density at radius 2 is 2.44 bits per heavy atom. The van der Waals surface area contributed by atoms with E-state index in [4.69, 9.17) is 5.26 Å². The van der Waals surface area contributed by atoms with Gasteiger partial charge in [-0.05, 0) is 6.42 Å². The molecule has 1 aliphatic rings. The fourth-order valence-electron chi connectivity index (χ4n) is 1.18. The summed E-state index contributed by atoms with van der Waals surface area (Å²) in [5.41, 5.74) is 0. The largest absolute Gasteiger partial charge is 0.299 e. The van der Waals surface area contributed by atoms with E-state index in [9.17, 15) is 4.79 Å². The maximum atomic E-state index is 10.8. The third-order valence-electron chi connectivity index (χ3n) is 1.98. The molecule has 9 heavy (non-hydrogen) atoms. The number of nitriles is 1. The maximum absolute atomic E-state index is 10.8. The number of nitrogens with zero attached hydrogens (tertiary/aromatic N) is 1. The summed E-state index contributed by atoms with van der Waals surface area (Å²) in [6.07, 6.45) is 1.38. The van der Waals surface area contributed by atoms with Crippen molar-refractivity contribution in [1.82, 2.24) is 0 Å². The van der Waals surface area contributed by atoms with Crippen LogP contribution < -0.4 is 0 Å². The van der Waals surface area contributed by atoms with Crippen LogP contribution in [0, 0.1) is 23.2 Å². The number of carbonyl (C=O) groups is 1. The Bertz CT molecular complexity index is 168. The minimum Gasteiger partial charge on any atom is -0.299 e. The van der Waals surface area contributed by atoms with Gasteiger partial charge in [0.2, 0.25) is 0 Å². The third-order valence-corrected chi connectivity index (χ3v) is 1.98. The van der Waals surface area contributed by atoms with Crippen LogP contribution in [0.25, 0.3) is 0 Å². The minimum absolute atomic E-state index is 0.00231. The van der Waals surface area contributed by atoms with Gasteiger partial charge in [-0.25, -0.2) is 0 Å². The van der Waals surface area contributed by atoms with E-state index in [1.54, 1.807) is 0 Å². The average Bonchev–Trinajstić information content (AvgIpc) is 2.15. The predicted octanol–water partition coefficient (Wildman–Crippen LogP) is 1.13. The van der Waals surface area contributed by atoms with Crippen molar-refractivity contribution >= 4 is 5.78 Å². The van der Waals surface area contributed by atoms with E-state index >= 15 is 0 Å². The van der Waals surface area contributed by atoms with Gasteiger partial charge in [0, 0.05) is 12.3 Å². The lowest BCUT2D eigenvalue weighted by Crippen LogP contribution is -2.07. The van der Waals surface area contributed by atoms with Crippen LogP contribution in [0.2, 0.25) is 0 Å². The molecule has 1 aliphatic carbocycles. The van der Waals surface area contributed by atoms with Crippen LogP contribution in [0.3, 0.4) is 0 Å². The van der Waals surface area contributed by atoms with Crippen LogP contribution in [-0.2, 0) is 4.79 Å². The summed E-state index contributed by atoms with van der Waals surface area (Å²) in [5, 5.41) is 8.45. The topological polar surface area (TPSA) is 40.9 Å². The van der Waals surface area contributed by atoms with E-state index in [2.05, 4.69) is 6.07 Å². The van der Waals surface area contributed by atoms with Crippen LogP contribution in [-0.4, -0.2) is 5.78 Å². The molecule has 0 aromatic heterocycles. The van der Waals surface area contributed by atoms with E-state index in [1.165, 1.54) is 0 Å². The van der Waals surface area contributed by atoms with Gasteiger partial charge >= 0.3 is 0 Å². The Hall–Kier alpha value is -0.840. The summed E-state index contributed by atoms with van der Waals surface area (Å²) in [4.78, 5) is 10.8. The first-order chi connectivity index (χ1) is 4.25. The lowest BCUT2D eigenvalue weighted by molar-refractivity contribution is -0.120. The Morgan fingerprint density at radius 3 is 2.67 bits per heavy atom. The Kier molecular flexibility index (Phi) is 1.52. The predicted molar refractivity (Wildman–Crippen MR) is 32.5 cm³/mol. The van der Waals surface area contributed by atoms with Crippen LogP contribution in [0.1, 0.15) is 19.8 Å². The molecule has 2 heteroatoms. The summed E-state index contributed by atoms with van der Waals surface area (Å²) in [6, 6.07) is 2.12. The number of hydrogen-bond acceptors (Lipinski definition) is 2. The highest BCUT2D eigenvalue weighted by Gasteiger charge is 2.30. The lowest BCUT2D eigenvalue weighted by Gasteiger charge is -2.00. The first-order valence-corrected chi connectivity index (χ1v) is 3.18. The van der Waals surface area contributed by atoms with Crippen LogP contribution in [0.15, 0.2) is 0 Å².